The molecule has 0 radical (unpaired) electrons. The first-order valence-electron chi connectivity index (χ1n) is 10.2. The van der Waals surface area contributed by atoms with Crippen molar-refractivity contribution in [1.29, 1.82) is 0 Å². The molecule has 29 heavy (non-hydrogen) atoms. The van der Waals surface area contributed by atoms with Gasteiger partial charge in [-0.3, -0.25) is 9.59 Å². The van der Waals surface area contributed by atoms with Crippen LogP contribution >= 0.6 is 0 Å². The van der Waals surface area contributed by atoms with Gasteiger partial charge in [-0.2, -0.15) is 0 Å². The molecule has 0 aliphatic carbocycles. The number of esters is 1. The Morgan fingerprint density at radius 2 is 1.17 bits per heavy atom. The molecule has 0 aliphatic heterocycles. The molecule has 0 aromatic rings. The molecule has 0 aliphatic rings. The van der Waals surface area contributed by atoms with Gasteiger partial charge in [0.25, 0.3) is 0 Å². The number of carboxylic acids is 2. The van der Waals surface area contributed by atoms with Gasteiger partial charge in [-0.1, -0.05) is 48.0 Å². The van der Waals surface area contributed by atoms with E-state index in [-0.39, 0.29) is 40.9 Å². The van der Waals surface area contributed by atoms with E-state index in [1.54, 1.807) is 27.7 Å². The zero-order valence-corrected chi connectivity index (χ0v) is 22.7. The summed E-state index contributed by atoms with van der Waals surface area (Å²) >= 11 is 0. The van der Waals surface area contributed by atoms with Gasteiger partial charge in [0, 0.05) is 11.4 Å². The van der Waals surface area contributed by atoms with Gasteiger partial charge in [0.1, 0.15) is 0 Å². The van der Waals surface area contributed by atoms with Crippen LogP contribution in [0.2, 0.25) is 0 Å². The zero-order chi connectivity index (χ0) is 23.2. The van der Waals surface area contributed by atoms with Crippen molar-refractivity contribution in [3.63, 3.8) is 0 Å². The quantitative estimate of drug-likeness (QED) is 0.340. The third kappa shape index (κ3) is 17.9. The summed E-state index contributed by atoms with van der Waals surface area (Å²) in [6.07, 6.45) is 4.17. The van der Waals surface area contributed by atoms with Gasteiger partial charge in [0.05, 0.1) is 17.4 Å². The fourth-order valence-corrected chi connectivity index (χ4v) is 0.944. The van der Waals surface area contributed by atoms with Crippen molar-refractivity contribution < 1.29 is 58.9 Å². The van der Waals surface area contributed by atoms with Gasteiger partial charge < -0.3 is 19.7 Å². The Hall–Kier alpha value is -0.590. The maximum atomic E-state index is 11.3. The normalized spacial score (nSPS) is 11.0. The number of ether oxygens (including phenoxy) is 1. The van der Waals surface area contributed by atoms with E-state index in [1.165, 1.54) is 0 Å². The molecule has 0 amide bonds. The second kappa shape index (κ2) is 17.1. The van der Waals surface area contributed by atoms with Gasteiger partial charge in [0.2, 0.25) is 0 Å². The molecule has 0 atom stereocenters. The molecule has 6 nitrogen and oxygen atoms in total. The summed E-state index contributed by atoms with van der Waals surface area (Å²) in [6, 6.07) is 0. The Morgan fingerprint density at radius 3 is 1.34 bits per heavy atom. The van der Waals surface area contributed by atoms with E-state index < -0.39 is 22.8 Å². The first-order valence-corrected chi connectivity index (χ1v) is 10.2. The van der Waals surface area contributed by atoms with Crippen molar-refractivity contribution in [2.24, 2.45) is 16.2 Å². The average molecular weight is 427 g/mol. The zero-order valence-electron chi connectivity index (χ0n) is 20.7. The van der Waals surface area contributed by atoms with Gasteiger partial charge in [-0.25, -0.2) is 0 Å². The largest absolute Gasteiger partial charge is 1.00 e. The van der Waals surface area contributed by atoms with E-state index in [4.69, 9.17) is 9.84 Å². The minimum Gasteiger partial charge on any atom is -0.550 e. The minimum atomic E-state index is -0.972. The molecule has 168 valence electrons. The number of rotatable bonds is 9. The number of aliphatic carboxylic acids is 2. The standard InChI is InChI=1S/C10H20O2.2C6H12O2.Na/c1-5-7-8-12-9(11)10(3,4)6-2;2*1-4-6(2,3)5(7)8;/h5-8H2,1-4H3;2*4H2,1-3H3,(H,7,8);/q;;;+1/p-1. The first kappa shape index (κ1) is 35.8. The maximum absolute atomic E-state index is 11.3. The van der Waals surface area contributed by atoms with Gasteiger partial charge in [-0.15, -0.1) is 0 Å². The number of carbonyl (C=O) groups excluding carboxylic acids is 2. The van der Waals surface area contributed by atoms with E-state index in [1.807, 2.05) is 34.6 Å². The van der Waals surface area contributed by atoms with Crippen molar-refractivity contribution in [3.05, 3.63) is 0 Å². The van der Waals surface area contributed by atoms with Crippen LogP contribution in [0, 0.1) is 16.2 Å². The van der Waals surface area contributed by atoms with E-state index in [2.05, 4.69) is 6.92 Å². The Morgan fingerprint density at radius 1 is 0.793 bits per heavy atom. The SMILES string of the molecule is CCC(C)(C)C(=O)O.CCC(C)(C)C(=O)[O-].CCCCOC(=O)C(C)(C)CC.[Na+]. The molecule has 1 N–H and O–H groups in total. The molecule has 0 saturated heterocycles. The van der Waals surface area contributed by atoms with Crippen LogP contribution in [0.15, 0.2) is 0 Å². The molecule has 0 unspecified atom stereocenters. The molecule has 0 bridgehead atoms. The summed E-state index contributed by atoms with van der Waals surface area (Å²) in [6.45, 7) is 18.9. The van der Waals surface area contributed by atoms with E-state index in [0.29, 0.717) is 19.4 Å². The Kier molecular flexibility index (Phi) is 21.2. The molecule has 0 rings (SSSR count). The first-order chi connectivity index (χ1) is 12.6. The second-order valence-corrected chi connectivity index (χ2v) is 8.79. The van der Waals surface area contributed by atoms with E-state index >= 15 is 0 Å². The number of carbonyl (C=O) groups is 3. The van der Waals surface area contributed by atoms with Crippen LogP contribution in [0.1, 0.15) is 101 Å². The predicted octanol–water partition coefficient (Wildman–Crippen LogP) is 1.45. The van der Waals surface area contributed by atoms with Crippen molar-refractivity contribution >= 4 is 17.9 Å². The van der Waals surface area contributed by atoms with Crippen LogP contribution in [0.5, 0.6) is 0 Å². The van der Waals surface area contributed by atoms with Crippen molar-refractivity contribution in [1.82, 2.24) is 0 Å². The van der Waals surface area contributed by atoms with E-state index in [9.17, 15) is 19.5 Å². The molecular weight excluding hydrogens is 383 g/mol. The summed E-state index contributed by atoms with van der Waals surface area (Å²) in [5, 5.41) is 18.6. The van der Waals surface area contributed by atoms with Crippen LogP contribution < -0.4 is 34.7 Å². The third-order valence-corrected chi connectivity index (χ3v) is 5.07. The number of carboxylic acid groups (broad SMARTS) is 2. The number of hydrogen-bond acceptors (Lipinski definition) is 5. The molecule has 0 spiro atoms. The predicted molar refractivity (Wildman–Crippen MR) is 111 cm³/mol. The van der Waals surface area contributed by atoms with Gasteiger partial charge in [-0.05, 0) is 53.4 Å². The van der Waals surface area contributed by atoms with Gasteiger partial charge in [0.15, 0.2) is 0 Å². The minimum absolute atomic E-state index is 0. The number of unbranched alkanes of at least 4 members (excludes halogenated alkanes) is 1. The maximum Gasteiger partial charge on any atom is 1.00 e. The molecule has 0 saturated carbocycles. The van der Waals surface area contributed by atoms with E-state index in [0.717, 1.165) is 19.3 Å². The molecule has 7 heteroatoms. The molecular formula is C22H43NaO6. The van der Waals surface area contributed by atoms with Crippen molar-refractivity contribution in [2.75, 3.05) is 6.61 Å². The summed E-state index contributed by atoms with van der Waals surface area (Å²) in [7, 11) is 0. The molecule has 0 aromatic heterocycles. The summed E-state index contributed by atoms with van der Waals surface area (Å²) < 4.78 is 5.10. The number of hydrogen-bond donors (Lipinski definition) is 1. The molecule has 0 fully saturated rings. The third-order valence-electron chi connectivity index (χ3n) is 5.07. The smallest absolute Gasteiger partial charge is 0.550 e. The summed E-state index contributed by atoms with van der Waals surface area (Å²) in [5.74, 6) is -1.77. The monoisotopic (exact) mass is 426 g/mol. The second-order valence-electron chi connectivity index (χ2n) is 8.79. The fourth-order valence-electron chi connectivity index (χ4n) is 0.944. The Bertz CT molecular complexity index is 444. The Balaban J connectivity index is -0.000000164. The Labute approximate surface area is 200 Å². The summed E-state index contributed by atoms with van der Waals surface area (Å²) in [5.41, 5.74) is -1.51. The molecule has 0 heterocycles. The van der Waals surface area contributed by atoms with Crippen LogP contribution in [0.4, 0.5) is 0 Å². The fraction of sp³-hybridized carbons (Fsp3) is 0.864. The molecule has 0 aromatic carbocycles. The van der Waals surface area contributed by atoms with Crippen LogP contribution in [0.25, 0.3) is 0 Å². The van der Waals surface area contributed by atoms with Crippen molar-refractivity contribution in [2.45, 2.75) is 101 Å². The average Bonchev–Trinajstić information content (AvgIpc) is 2.62. The van der Waals surface area contributed by atoms with Crippen LogP contribution in [-0.4, -0.2) is 29.6 Å². The topological polar surface area (TPSA) is 104 Å². The van der Waals surface area contributed by atoms with Crippen LogP contribution in [-0.2, 0) is 19.1 Å². The van der Waals surface area contributed by atoms with Gasteiger partial charge >= 0.3 is 41.5 Å². The van der Waals surface area contributed by atoms with Crippen LogP contribution in [0.3, 0.4) is 0 Å². The van der Waals surface area contributed by atoms with Crippen molar-refractivity contribution in [3.8, 4) is 0 Å². The summed E-state index contributed by atoms with van der Waals surface area (Å²) in [4.78, 5) is 31.7.